The monoisotopic (exact) mass is 243 g/mol. The van der Waals surface area contributed by atoms with Gasteiger partial charge in [0.1, 0.15) is 5.75 Å². The molecule has 0 saturated carbocycles. The van der Waals surface area contributed by atoms with E-state index in [4.69, 9.17) is 10.6 Å². The van der Waals surface area contributed by atoms with Gasteiger partial charge in [-0.25, -0.2) is 5.43 Å². The Morgan fingerprint density at radius 3 is 2.56 bits per heavy atom. The molecule has 0 aliphatic carbocycles. The summed E-state index contributed by atoms with van der Waals surface area (Å²) in [6, 6.07) is 9.81. The molecule has 0 spiro atoms. The molecule has 1 aromatic heterocycles. The Labute approximate surface area is 107 Å². The fourth-order valence-corrected chi connectivity index (χ4v) is 2.00. The Balaban J connectivity index is 2.48. The number of ether oxygens (including phenoxy) is 1. The average Bonchev–Trinajstić information content (AvgIpc) is 2.41. The number of aryl methyl sites for hydroxylation is 1. The van der Waals surface area contributed by atoms with Crippen LogP contribution in [0.5, 0.6) is 5.75 Å². The number of nitrogens with two attached hydrogens (primary N) is 1. The second kappa shape index (κ2) is 5.62. The SMILES string of the molecule is COc1ccc(C)cc1C(NN)c1ccncc1. The van der Waals surface area contributed by atoms with Crippen LogP contribution >= 0.6 is 0 Å². The summed E-state index contributed by atoms with van der Waals surface area (Å²) in [4.78, 5) is 4.02. The van der Waals surface area contributed by atoms with Crippen molar-refractivity contribution in [3.05, 3.63) is 59.4 Å². The Morgan fingerprint density at radius 2 is 1.94 bits per heavy atom. The zero-order chi connectivity index (χ0) is 13.0. The van der Waals surface area contributed by atoms with Crippen LogP contribution in [0, 0.1) is 6.92 Å². The molecule has 0 aliphatic heterocycles. The Bertz CT molecular complexity index is 514. The summed E-state index contributed by atoms with van der Waals surface area (Å²) in [6.07, 6.45) is 3.50. The molecular weight excluding hydrogens is 226 g/mol. The van der Waals surface area contributed by atoms with Gasteiger partial charge in [-0.15, -0.1) is 0 Å². The van der Waals surface area contributed by atoms with E-state index >= 15 is 0 Å². The minimum absolute atomic E-state index is 0.108. The van der Waals surface area contributed by atoms with Gasteiger partial charge in [0.2, 0.25) is 0 Å². The highest BCUT2D eigenvalue weighted by atomic mass is 16.5. The molecule has 3 N–H and O–H groups in total. The standard InChI is InChI=1S/C14H17N3O/c1-10-3-4-13(18-2)12(9-10)14(17-15)11-5-7-16-8-6-11/h3-9,14,17H,15H2,1-2H3. The molecular formula is C14H17N3O. The number of nitrogens with one attached hydrogen (secondary N) is 1. The average molecular weight is 243 g/mol. The van der Waals surface area contributed by atoms with E-state index in [9.17, 15) is 0 Å². The summed E-state index contributed by atoms with van der Waals surface area (Å²) < 4.78 is 5.39. The first-order chi connectivity index (χ1) is 8.76. The van der Waals surface area contributed by atoms with Gasteiger partial charge in [0.05, 0.1) is 13.2 Å². The van der Waals surface area contributed by atoms with Gasteiger partial charge in [-0.05, 0) is 30.7 Å². The van der Waals surface area contributed by atoms with Crippen LogP contribution in [0.4, 0.5) is 0 Å². The highest BCUT2D eigenvalue weighted by molar-refractivity contribution is 5.43. The maximum absolute atomic E-state index is 5.68. The van der Waals surface area contributed by atoms with Crippen LogP contribution in [0.15, 0.2) is 42.7 Å². The summed E-state index contributed by atoms with van der Waals surface area (Å²) >= 11 is 0. The number of hydrogen-bond acceptors (Lipinski definition) is 4. The van der Waals surface area contributed by atoms with Crippen LogP contribution in [0.25, 0.3) is 0 Å². The molecule has 0 bridgehead atoms. The van der Waals surface area contributed by atoms with Gasteiger partial charge < -0.3 is 4.74 Å². The number of hydrazine groups is 1. The number of rotatable bonds is 4. The molecule has 2 aromatic rings. The maximum Gasteiger partial charge on any atom is 0.124 e. The summed E-state index contributed by atoms with van der Waals surface area (Å²) in [5.74, 6) is 6.50. The third kappa shape index (κ3) is 2.50. The lowest BCUT2D eigenvalue weighted by Crippen LogP contribution is -2.29. The first-order valence-electron chi connectivity index (χ1n) is 5.77. The van der Waals surface area contributed by atoms with Crippen molar-refractivity contribution in [2.45, 2.75) is 13.0 Å². The highest BCUT2D eigenvalue weighted by Crippen LogP contribution is 2.30. The smallest absolute Gasteiger partial charge is 0.124 e. The molecule has 18 heavy (non-hydrogen) atoms. The predicted octanol–water partition coefficient (Wildman–Crippen LogP) is 1.95. The van der Waals surface area contributed by atoms with Gasteiger partial charge in [0.25, 0.3) is 0 Å². The van der Waals surface area contributed by atoms with Crippen molar-refractivity contribution in [2.75, 3.05) is 7.11 Å². The topological polar surface area (TPSA) is 60.2 Å². The second-order valence-electron chi connectivity index (χ2n) is 4.13. The van der Waals surface area contributed by atoms with E-state index in [1.165, 1.54) is 5.56 Å². The quantitative estimate of drug-likeness (QED) is 0.636. The third-order valence-corrected chi connectivity index (χ3v) is 2.90. The minimum Gasteiger partial charge on any atom is -0.496 e. The van der Waals surface area contributed by atoms with Crippen molar-refractivity contribution < 1.29 is 4.74 Å². The molecule has 0 radical (unpaired) electrons. The van der Waals surface area contributed by atoms with Gasteiger partial charge >= 0.3 is 0 Å². The fourth-order valence-electron chi connectivity index (χ4n) is 2.00. The van der Waals surface area contributed by atoms with Crippen LogP contribution in [0.2, 0.25) is 0 Å². The van der Waals surface area contributed by atoms with Crippen molar-refractivity contribution in [1.82, 2.24) is 10.4 Å². The fraction of sp³-hybridized carbons (Fsp3) is 0.214. The molecule has 4 nitrogen and oxygen atoms in total. The number of aromatic nitrogens is 1. The number of hydrogen-bond donors (Lipinski definition) is 2. The Morgan fingerprint density at radius 1 is 1.22 bits per heavy atom. The summed E-state index contributed by atoms with van der Waals surface area (Å²) in [5, 5.41) is 0. The molecule has 0 aliphatic rings. The largest absolute Gasteiger partial charge is 0.496 e. The minimum atomic E-state index is -0.108. The van der Waals surface area contributed by atoms with Gasteiger partial charge in [-0.3, -0.25) is 10.8 Å². The van der Waals surface area contributed by atoms with Crippen LogP contribution in [-0.2, 0) is 0 Å². The van der Waals surface area contributed by atoms with E-state index in [1.807, 2.05) is 31.2 Å². The van der Waals surface area contributed by atoms with Crippen LogP contribution < -0.4 is 16.0 Å². The molecule has 0 saturated heterocycles. The van der Waals surface area contributed by atoms with Crippen molar-refractivity contribution in [3.8, 4) is 5.75 Å². The molecule has 0 amide bonds. The van der Waals surface area contributed by atoms with Crippen molar-refractivity contribution in [1.29, 1.82) is 0 Å². The van der Waals surface area contributed by atoms with Crippen molar-refractivity contribution in [3.63, 3.8) is 0 Å². The van der Waals surface area contributed by atoms with Crippen molar-refractivity contribution >= 4 is 0 Å². The third-order valence-electron chi connectivity index (χ3n) is 2.90. The van der Waals surface area contributed by atoms with E-state index in [1.54, 1.807) is 19.5 Å². The van der Waals surface area contributed by atoms with Gasteiger partial charge in [-0.2, -0.15) is 0 Å². The summed E-state index contributed by atoms with van der Waals surface area (Å²) in [5.41, 5.74) is 6.07. The van der Waals surface area contributed by atoms with Gasteiger partial charge in [0.15, 0.2) is 0 Å². The predicted molar refractivity (Wildman–Crippen MR) is 71.1 cm³/mol. The molecule has 94 valence electrons. The first kappa shape index (κ1) is 12.5. The molecule has 0 fully saturated rings. The Kier molecular flexibility index (Phi) is 3.92. The lowest BCUT2D eigenvalue weighted by Gasteiger charge is -2.20. The molecule has 4 heteroatoms. The highest BCUT2D eigenvalue weighted by Gasteiger charge is 2.16. The first-order valence-corrected chi connectivity index (χ1v) is 5.77. The van der Waals surface area contributed by atoms with E-state index in [-0.39, 0.29) is 6.04 Å². The molecule has 2 rings (SSSR count). The number of pyridine rings is 1. The van der Waals surface area contributed by atoms with E-state index in [0.29, 0.717) is 0 Å². The van der Waals surface area contributed by atoms with Crippen LogP contribution in [-0.4, -0.2) is 12.1 Å². The van der Waals surface area contributed by atoms with E-state index in [0.717, 1.165) is 16.9 Å². The van der Waals surface area contributed by atoms with Gasteiger partial charge in [-0.1, -0.05) is 17.7 Å². The lowest BCUT2D eigenvalue weighted by molar-refractivity contribution is 0.404. The zero-order valence-electron chi connectivity index (χ0n) is 10.6. The summed E-state index contributed by atoms with van der Waals surface area (Å²) in [7, 11) is 1.66. The van der Waals surface area contributed by atoms with E-state index < -0.39 is 0 Å². The zero-order valence-corrected chi connectivity index (χ0v) is 10.6. The van der Waals surface area contributed by atoms with Crippen LogP contribution in [0.3, 0.4) is 0 Å². The summed E-state index contributed by atoms with van der Waals surface area (Å²) in [6.45, 7) is 2.04. The second-order valence-corrected chi connectivity index (χ2v) is 4.13. The Hall–Kier alpha value is -1.91. The van der Waals surface area contributed by atoms with Crippen molar-refractivity contribution in [2.24, 2.45) is 5.84 Å². The molecule has 1 heterocycles. The van der Waals surface area contributed by atoms with Crippen LogP contribution in [0.1, 0.15) is 22.7 Å². The number of benzene rings is 1. The molecule has 1 atom stereocenters. The van der Waals surface area contributed by atoms with Gasteiger partial charge in [0, 0.05) is 18.0 Å². The molecule has 1 aromatic carbocycles. The molecule has 1 unspecified atom stereocenters. The lowest BCUT2D eigenvalue weighted by atomic mass is 9.98. The normalized spacial score (nSPS) is 12.2. The van der Waals surface area contributed by atoms with E-state index in [2.05, 4.69) is 16.5 Å². The number of methoxy groups -OCH3 is 1. The number of nitrogens with zero attached hydrogens (tertiary/aromatic N) is 1. The maximum atomic E-state index is 5.68.